The number of hydrogen-bond donors (Lipinski definition) is 3. The average Bonchev–Trinajstić information content (AvgIpc) is 2.62. The molecule has 0 fully saturated rings. The highest BCUT2D eigenvalue weighted by Crippen LogP contribution is 2.25. The summed E-state index contributed by atoms with van der Waals surface area (Å²) in [6, 6.07) is 13.1. The summed E-state index contributed by atoms with van der Waals surface area (Å²) in [7, 11) is 0. The van der Waals surface area contributed by atoms with E-state index in [1.165, 1.54) is 0 Å². The molecule has 0 radical (unpaired) electrons. The molecule has 0 bridgehead atoms. The lowest BCUT2D eigenvalue weighted by atomic mass is 10.1. The number of nitrogens with one attached hydrogen (secondary N) is 1. The predicted octanol–water partition coefficient (Wildman–Crippen LogP) is 3.58. The van der Waals surface area contributed by atoms with Crippen LogP contribution in [0.15, 0.2) is 54.9 Å². The van der Waals surface area contributed by atoms with E-state index in [2.05, 4.69) is 15.3 Å². The number of carboxylic acid groups (broad SMARTS) is 1. The second-order valence-electron chi connectivity index (χ2n) is 5.01. The summed E-state index contributed by atoms with van der Waals surface area (Å²) in [6.07, 6.45) is -1.66. The SMILES string of the molecule is O=C(O)C(F)(F)F.Oc1ccc(CNc2ccccn2)c2cccnc12. The minimum Gasteiger partial charge on any atom is -0.506 e. The van der Waals surface area contributed by atoms with Crippen LogP contribution in [-0.4, -0.2) is 32.3 Å². The number of carbonyl (C=O) groups is 1. The summed E-state index contributed by atoms with van der Waals surface area (Å²) in [5.74, 6) is -1.72. The maximum absolute atomic E-state index is 10.6. The minimum atomic E-state index is -5.08. The third kappa shape index (κ3) is 5.07. The van der Waals surface area contributed by atoms with Gasteiger partial charge < -0.3 is 15.5 Å². The Kier molecular flexibility index (Phi) is 5.94. The van der Waals surface area contributed by atoms with E-state index < -0.39 is 12.1 Å². The van der Waals surface area contributed by atoms with Crippen LogP contribution in [0, 0.1) is 0 Å². The number of hydrogen-bond acceptors (Lipinski definition) is 5. The molecule has 3 rings (SSSR count). The van der Waals surface area contributed by atoms with Crippen LogP contribution in [0.1, 0.15) is 5.56 Å². The van der Waals surface area contributed by atoms with E-state index >= 15 is 0 Å². The van der Waals surface area contributed by atoms with Crippen LogP contribution in [0.5, 0.6) is 5.75 Å². The van der Waals surface area contributed by atoms with Crippen molar-refractivity contribution in [1.29, 1.82) is 0 Å². The summed E-state index contributed by atoms with van der Waals surface area (Å²) in [5.41, 5.74) is 1.70. The number of pyridine rings is 2. The van der Waals surface area contributed by atoms with Gasteiger partial charge in [0.05, 0.1) is 0 Å². The molecule has 26 heavy (non-hydrogen) atoms. The molecule has 6 nitrogen and oxygen atoms in total. The molecule has 9 heteroatoms. The van der Waals surface area contributed by atoms with Crippen molar-refractivity contribution in [2.45, 2.75) is 12.7 Å². The molecule has 2 aromatic heterocycles. The first-order valence-electron chi connectivity index (χ1n) is 7.29. The Balaban J connectivity index is 0.000000298. The zero-order chi connectivity index (χ0) is 19.2. The fourth-order valence-electron chi connectivity index (χ4n) is 2.02. The summed E-state index contributed by atoms with van der Waals surface area (Å²) in [6.45, 7) is 0.638. The number of rotatable bonds is 3. The highest BCUT2D eigenvalue weighted by atomic mass is 19.4. The first-order chi connectivity index (χ1) is 12.3. The normalized spacial score (nSPS) is 10.7. The molecular weight excluding hydrogens is 351 g/mol. The number of halogens is 3. The fourth-order valence-corrected chi connectivity index (χ4v) is 2.02. The maximum Gasteiger partial charge on any atom is 0.490 e. The predicted molar refractivity (Wildman–Crippen MR) is 88.7 cm³/mol. The minimum absolute atomic E-state index is 0.206. The molecule has 1 aromatic carbocycles. The Bertz CT molecular complexity index is 887. The Labute approximate surface area is 146 Å². The van der Waals surface area contributed by atoms with E-state index in [0.717, 1.165) is 16.8 Å². The van der Waals surface area contributed by atoms with Crippen molar-refractivity contribution in [2.24, 2.45) is 0 Å². The summed E-state index contributed by atoms with van der Waals surface area (Å²) in [5, 5.41) is 21.1. The van der Waals surface area contributed by atoms with Crippen LogP contribution in [0.2, 0.25) is 0 Å². The van der Waals surface area contributed by atoms with Gasteiger partial charge in [0.15, 0.2) is 0 Å². The first kappa shape index (κ1) is 19.0. The molecule has 0 atom stereocenters. The fraction of sp³-hybridized carbons (Fsp3) is 0.118. The van der Waals surface area contributed by atoms with Gasteiger partial charge in [-0.3, -0.25) is 4.98 Å². The van der Waals surface area contributed by atoms with Gasteiger partial charge in [0.1, 0.15) is 17.1 Å². The van der Waals surface area contributed by atoms with Crippen LogP contribution >= 0.6 is 0 Å². The lowest BCUT2D eigenvalue weighted by Crippen LogP contribution is -2.21. The van der Waals surface area contributed by atoms with Gasteiger partial charge in [-0.05, 0) is 29.8 Å². The van der Waals surface area contributed by atoms with E-state index in [9.17, 15) is 18.3 Å². The Morgan fingerprint density at radius 3 is 2.35 bits per heavy atom. The van der Waals surface area contributed by atoms with Gasteiger partial charge >= 0.3 is 12.1 Å². The number of benzene rings is 1. The third-order valence-electron chi connectivity index (χ3n) is 3.21. The number of fused-ring (bicyclic) bond motifs is 1. The number of phenols is 1. The van der Waals surface area contributed by atoms with Crippen molar-refractivity contribution in [2.75, 3.05) is 5.32 Å². The number of aliphatic carboxylic acids is 1. The van der Waals surface area contributed by atoms with Crippen molar-refractivity contribution in [3.05, 3.63) is 60.4 Å². The smallest absolute Gasteiger partial charge is 0.490 e. The van der Waals surface area contributed by atoms with Gasteiger partial charge in [-0.25, -0.2) is 9.78 Å². The van der Waals surface area contributed by atoms with Crippen molar-refractivity contribution in [3.63, 3.8) is 0 Å². The van der Waals surface area contributed by atoms with Gasteiger partial charge in [0.2, 0.25) is 0 Å². The number of nitrogens with zero attached hydrogens (tertiary/aromatic N) is 2. The molecule has 0 aliphatic heterocycles. The maximum atomic E-state index is 10.6. The highest BCUT2D eigenvalue weighted by molar-refractivity contribution is 5.87. The molecular formula is C17H14F3N3O3. The molecule has 3 N–H and O–H groups in total. The van der Waals surface area contributed by atoms with E-state index in [1.54, 1.807) is 18.5 Å². The lowest BCUT2D eigenvalue weighted by molar-refractivity contribution is -0.192. The molecule has 2 heterocycles. The highest BCUT2D eigenvalue weighted by Gasteiger charge is 2.38. The van der Waals surface area contributed by atoms with Crippen LogP contribution in [0.4, 0.5) is 19.0 Å². The van der Waals surface area contributed by atoms with Gasteiger partial charge in [-0.2, -0.15) is 13.2 Å². The molecule has 0 saturated heterocycles. The topological polar surface area (TPSA) is 95.3 Å². The average molecular weight is 365 g/mol. The number of anilines is 1. The number of aromatic hydroxyl groups is 1. The molecule has 0 unspecified atom stereocenters. The first-order valence-corrected chi connectivity index (χ1v) is 7.29. The Morgan fingerprint density at radius 2 is 1.73 bits per heavy atom. The number of phenolic OH excluding ortho intramolecular Hbond substituents is 1. The van der Waals surface area contributed by atoms with Crippen LogP contribution in [0.25, 0.3) is 10.9 Å². The monoisotopic (exact) mass is 365 g/mol. The van der Waals surface area contributed by atoms with Gasteiger partial charge in [-0.1, -0.05) is 18.2 Å². The Morgan fingerprint density at radius 1 is 1.04 bits per heavy atom. The summed E-state index contributed by atoms with van der Waals surface area (Å²) < 4.78 is 31.7. The van der Waals surface area contributed by atoms with E-state index in [4.69, 9.17) is 9.90 Å². The second-order valence-corrected chi connectivity index (χ2v) is 5.01. The largest absolute Gasteiger partial charge is 0.506 e. The zero-order valence-electron chi connectivity index (χ0n) is 13.2. The van der Waals surface area contributed by atoms with Crippen molar-refractivity contribution in [1.82, 2.24) is 9.97 Å². The molecule has 0 aliphatic rings. The van der Waals surface area contributed by atoms with E-state index in [0.29, 0.717) is 12.1 Å². The zero-order valence-corrected chi connectivity index (χ0v) is 13.2. The number of carboxylic acids is 1. The standard InChI is InChI=1S/C15H13N3O.C2HF3O2/c19-13-7-6-11(12-4-3-9-17-15(12)13)10-18-14-5-1-2-8-16-14;3-2(4,5)1(6)7/h1-9,19H,10H2,(H,16,18);(H,6,7). The van der Waals surface area contributed by atoms with Crippen LogP contribution < -0.4 is 5.32 Å². The van der Waals surface area contributed by atoms with Crippen molar-refractivity contribution < 1.29 is 28.2 Å². The quantitative estimate of drug-likeness (QED) is 0.657. The second kappa shape index (κ2) is 8.15. The summed E-state index contributed by atoms with van der Waals surface area (Å²) >= 11 is 0. The van der Waals surface area contributed by atoms with Gasteiger partial charge in [0, 0.05) is 24.3 Å². The molecule has 0 aliphatic carbocycles. The molecule has 136 valence electrons. The molecule has 3 aromatic rings. The molecule has 0 saturated carbocycles. The third-order valence-corrected chi connectivity index (χ3v) is 3.21. The van der Waals surface area contributed by atoms with Crippen LogP contribution in [-0.2, 0) is 11.3 Å². The van der Waals surface area contributed by atoms with Crippen molar-refractivity contribution >= 4 is 22.7 Å². The Hall–Kier alpha value is -3.36. The van der Waals surface area contributed by atoms with E-state index in [1.807, 2.05) is 36.4 Å². The summed E-state index contributed by atoms with van der Waals surface area (Å²) in [4.78, 5) is 17.3. The molecule has 0 amide bonds. The van der Waals surface area contributed by atoms with Gasteiger partial charge in [0.25, 0.3) is 0 Å². The number of aromatic nitrogens is 2. The van der Waals surface area contributed by atoms with Crippen LogP contribution in [0.3, 0.4) is 0 Å². The van der Waals surface area contributed by atoms with E-state index in [-0.39, 0.29) is 5.75 Å². The van der Waals surface area contributed by atoms with Gasteiger partial charge in [-0.15, -0.1) is 0 Å². The lowest BCUT2D eigenvalue weighted by Gasteiger charge is -2.09. The molecule has 0 spiro atoms. The number of alkyl halides is 3. The van der Waals surface area contributed by atoms with Crippen molar-refractivity contribution in [3.8, 4) is 5.75 Å².